The molecule has 0 fully saturated rings. The summed E-state index contributed by atoms with van der Waals surface area (Å²) in [6, 6.07) is 11.2. The molecule has 2 heterocycles. The number of nitrogens with zero attached hydrogens (tertiary/aromatic N) is 2. The molecule has 0 spiro atoms. The standard InChI is InChI=1S/C22H20N2O3/c1-23(2)12-4-6-14-16-8-9-19-15-7-5-13(27-3)11-18(15)22(26)24(19)20(16)21(25)17(14)10-12/h4-11,20-21,25H,1-3H3/t20-,21-/m1/s1. The monoisotopic (exact) mass is 360 g/mol. The van der Waals surface area contributed by atoms with Gasteiger partial charge in [-0.1, -0.05) is 12.1 Å². The number of carbonyl (C=O) groups is 1. The molecule has 0 aromatic heterocycles. The van der Waals surface area contributed by atoms with Crippen LogP contribution in [-0.2, 0) is 0 Å². The van der Waals surface area contributed by atoms with Crippen LogP contribution in [0.5, 0.6) is 5.75 Å². The van der Waals surface area contributed by atoms with Crippen LogP contribution < -0.4 is 9.64 Å². The first-order valence-electron chi connectivity index (χ1n) is 8.95. The number of ether oxygens (including phenoxy) is 1. The van der Waals surface area contributed by atoms with Crippen molar-refractivity contribution in [3.63, 3.8) is 0 Å². The van der Waals surface area contributed by atoms with Crippen LogP contribution in [0.3, 0.4) is 0 Å². The maximum atomic E-state index is 13.2. The van der Waals surface area contributed by atoms with Gasteiger partial charge in [-0.25, -0.2) is 0 Å². The zero-order valence-electron chi connectivity index (χ0n) is 15.4. The number of aliphatic hydroxyl groups is 1. The zero-order valence-corrected chi connectivity index (χ0v) is 15.4. The molecule has 2 aromatic rings. The van der Waals surface area contributed by atoms with Gasteiger partial charge in [0.25, 0.3) is 5.91 Å². The van der Waals surface area contributed by atoms with Gasteiger partial charge < -0.3 is 14.7 Å². The van der Waals surface area contributed by atoms with E-state index in [9.17, 15) is 9.90 Å². The van der Waals surface area contributed by atoms with Crippen LogP contribution in [0.2, 0.25) is 0 Å². The first kappa shape index (κ1) is 16.1. The average molecular weight is 360 g/mol. The highest BCUT2D eigenvalue weighted by atomic mass is 16.5. The van der Waals surface area contributed by atoms with E-state index >= 15 is 0 Å². The van der Waals surface area contributed by atoms with Gasteiger partial charge in [-0.05, 0) is 53.1 Å². The average Bonchev–Trinajstić information content (AvgIpc) is 3.13. The maximum Gasteiger partial charge on any atom is 0.259 e. The number of aliphatic hydroxyl groups excluding tert-OH is 1. The lowest BCUT2D eigenvalue weighted by Crippen LogP contribution is -2.38. The lowest BCUT2D eigenvalue weighted by atomic mass is 9.99. The summed E-state index contributed by atoms with van der Waals surface area (Å²) >= 11 is 0. The minimum Gasteiger partial charge on any atom is -0.497 e. The van der Waals surface area contributed by atoms with Gasteiger partial charge in [-0.15, -0.1) is 0 Å². The van der Waals surface area contributed by atoms with Gasteiger partial charge in [-0.2, -0.15) is 0 Å². The van der Waals surface area contributed by atoms with Crippen LogP contribution in [0.25, 0.3) is 11.3 Å². The normalized spacial score (nSPS) is 21.8. The number of fused-ring (bicyclic) bond motifs is 7. The Morgan fingerprint density at radius 1 is 1.04 bits per heavy atom. The van der Waals surface area contributed by atoms with E-state index in [4.69, 9.17) is 4.74 Å². The number of allylic oxidation sites excluding steroid dienone is 2. The largest absolute Gasteiger partial charge is 0.497 e. The smallest absolute Gasteiger partial charge is 0.259 e. The molecule has 1 N–H and O–H groups in total. The minimum absolute atomic E-state index is 0.0922. The molecular weight excluding hydrogens is 340 g/mol. The van der Waals surface area contributed by atoms with Crippen molar-refractivity contribution < 1.29 is 14.6 Å². The number of rotatable bonds is 2. The number of amides is 1. The van der Waals surface area contributed by atoms with E-state index in [0.717, 1.165) is 33.6 Å². The minimum atomic E-state index is -0.755. The van der Waals surface area contributed by atoms with Crippen LogP contribution in [0.15, 0.2) is 48.6 Å². The molecule has 0 saturated heterocycles. The maximum absolute atomic E-state index is 13.2. The van der Waals surface area contributed by atoms with Crippen LogP contribution >= 0.6 is 0 Å². The van der Waals surface area contributed by atoms with E-state index in [0.29, 0.717) is 11.3 Å². The predicted octanol–water partition coefficient (Wildman–Crippen LogP) is 3.07. The molecule has 136 valence electrons. The lowest BCUT2D eigenvalue weighted by Gasteiger charge is -2.32. The second-order valence-corrected chi connectivity index (χ2v) is 7.32. The molecule has 3 aliphatic rings. The number of hydrogen-bond donors (Lipinski definition) is 1. The summed E-state index contributed by atoms with van der Waals surface area (Å²) in [6.45, 7) is 0. The summed E-state index contributed by atoms with van der Waals surface area (Å²) in [7, 11) is 5.54. The van der Waals surface area contributed by atoms with Gasteiger partial charge >= 0.3 is 0 Å². The molecule has 1 amide bonds. The van der Waals surface area contributed by atoms with E-state index in [1.54, 1.807) is 18.1 Å². The molecule has 0 saturated carbocycles. The fourth-order valence-electron chi connectivity index (χ4n) is 4.34. The molecule has 27 heavy (non-hydrogen) atoms. The molecule has 2 aromatic carbocycles. The summed E-state index contributed by atoms with van der Waals surface area (Å²) in [4.78, 5) is 16.9. The van der Waals surface area contributed by atoms with Crippen molar-refractivity contribution in [3.8, 4) is 5.75 Å². The molecule has 5 heteroatoms. The highest BCUT2D eigenvalue weighted by Gasteiger charge is 2.47. The van der Waals surface area contributed by atoms with Gasteiger partial charge in [-0.3, -0.25) is 9.69 Å². The fourth-order valence-corrected chi connectivity index (χ4v) is 4.34. The van der Waals surface area contributed by atoms with Crippen LogP contribution in [0, 0.1) is 0 Å². The van der Waals surface area contributed by atoms with Gasteiger partial charge in [0.15, 0.2) is 0 Å². The van der Waals surface area contributed by atoms with Crippen LogP contribution in [0.1, 0.15) is 33.2 Å². The van der Waals surface area contributed by atoms with Gasteiger partial charge in [0.05, 0.1) is 24.4 Å². The number of carbonyl (C=O) groups excluding carboxylic acids is 1. The molecule has 2 aliphatic heterocycles. The molecule has 2 atom stereocenters. The van der Waals surface area contributed by atoms with Crippen molar-refractivity contribution in [1.82, 2.24) is 4.90 Å². The molecular formula is C22H20N2O3. The highest BCUT2D eigenvalue weighted by Crippen LogP contribution is 2.51. The van der Waals surface area contributed by atoms with Crippen LogP contribution in [-0.4, -0.2) is 43.2 Å². The third-order valence-electron chi connectivity index (χ3n) is 5.71. The zero-order chi connectivity index (χ0) is 18.9. The number of anilines is 1. The van der Waals surface area contributed by atoms with Crippen molar-refractivity contribution in [2.45, 2.75) is 12.1 Å². The van der Waals surface area contributed by atoms with Crippen LogP contribution in [0.4, 0.5) is 5.69 Å². The third-order valence-corrected chi connectivity index (χ3v) is 5.71. The fraction of sp³-hybridized carbons (Fsp3) is 0.227. The molecule has 5 rings (SSSR count). The molecule has 5 nitrogen and oxygen atoms in total. The third kappa shape index (κ3) is 2.06. The lowest BCUT2D eigenvalue weighted by molar-refractivity contribution is 0.0689. The van der Waals surface area contributed by atoms with Crippen molar-refractivity contribution in [2.24, 2.45) is 0 Å². The van der Waals surface area contributed by atoms with E-state index in [-0.39, 0.29) is 5.91 Å². The Morgan fingerprint density at radius 3 is 2.56 bits per heavy atom. The Kier molecular flexibility index (Phi) is 3.27. The van der Waals surface area contributed by atoms with E-state index in [1.807, 2.05) is 61.5 Å². The highest BCUT2D eigenvalue weighted by molar-refractivity contribution is 6.12. The molecule has 0 unspecified atom stereocenters. The SMILES string of the molecule is COc1ccc2c(c1)C(=O)N1C2=CC=C2c3ccc(N(C)C)cc3[C@@H](O)[C@@H]21. The quantitative estimate of drug-likeness (QED) is 0.894. The topological polar surface area (TPSA) is 53.0 Å². The summed E-state index contributed by atoms with van der Waals surface area (Å²) in [6.07, 6.45) is 3.26. The summed E-state index contributed by atoms with van der Waals surface area (Å²) in [5.41, 5.74) is 6.23. The number of hydrogen-bond acceptors (Lipinski definition) is 4. The summed E-state index contributed by atoms with van der Waals surface area (Å²) in [5, 5.41) is 11.1. The van der Waals surface area contributed by atoms with Gasteiger partial charge in [0, 0.05) is 25.3 Å². The van der Waals surface area contributed by atoms with Crippen molar-refractivity contribution in [2.75, 3.05) is 26.1 Å². The van der Waals surface area contributed by atoms with E-state index in [2.05, 4.69) is 0 Å². The molecule has 1 aliphatic carbocycles. The number of methoxy groups -OCH3 is 1. The second-order valence-electron chi connectivity index (χ2n) is 7.32. The predicted molar refractivity (Wildman–Crippen MR) is 105 cm³/mol. The summed E-state index contributed by atoms with van der Waals surface area (Å²) < 4.78 is 5.28. The Bertz CT molecular complexity index is 1050. The number of benzene rings is 2. The van der Waals surface area contributed by atoms with E-state index in [1.165, 1.54) is 0 Å². The molecule has 0 bridgehead atoms. The Labute approximate surface area is 157 Å². The van der Waals surface area contributed by atoms with Crippen molar-refractivity contribution >= 4 is 22.9 Å². The first-order chi connectivity index (χ1) is 13.0. The van der Waals surface area contributed by atoms with Gasteiger partial charge in [0.1, 0.15) is 11.9 Å². The Morgan fingerprint density at radius 2 is 1.81 bits per heavy atom. The Hall–Kier alpha value is -3.05. The molecule has 0 radical (unpaired) electrons. The first-order valence-corrected chi connectivity index (χ1v) is 8.95. The Balaban J connectivity index is 1.64. The second kappa shape index (κ2) is 5.47. The summed E-state index contributed by atoms with van der Waals surface area (Å²) in [5.74, 6) is 0.562. The van der Waals surface area contributed by atoms with Crippen molar-refractivity contribution in [1.29, 1.82) is 0 Å². The van der Waals surface area contributed by atoms with Crippen molar-refractivity contribution in [3.05, 3.63) is 70.8 Å². The van der Waals surface area contributed by atoms with Gasteiger partial charge in [0.2, 0.25) is 0 Å². The van der Waals surface area contributed by atoms with E-state index < -0.39 is 12.1 Å².